The molecule has 5 heteroatoms. The Kier molecular flexibility index (Phi) is 5.62. The summed E-state index contributed by atoms with van der Waals surface area (Å²) in [5.74, 6) is 0.822. The third kappa shape index (κ3) is 3.68. The summed E-state index contributed by atoms with van der Waals surface area (Å²) in [4.78, 5) is 2.21. The molecule has 0 aromatic carbocycles. The molecule has 2 atom stereocenters. The third-order valence-electron chi connectivity index (χ3n) is 4.58. The standard InChI is InChI=1S/C13H28N2O2S/c1-4-12-7-5-6-8-13(12,11-14)15(2)9-10-18(3,16)17/h12H,4-11,14H2,1-3H3. The summed E-state index contributed by atoms with van der Waals surface area (Å²) < 4.78 is 22.6. The van der Waals surface area contributed by atoms with Gasteiger partial charge in [-0.2, -0.15) is 0 Å². The van der Waals surface area contributed by atoms with Gasteiger partial charge in [0.05, 0.1) is 5.75 Å². The summed E-state index contributed by atoms with van der Waals surface area (Å²) in [6.07, 6.45) is 7.23. The van der Waals surface area contributed by atoms with E-state index < -0.39 is 9.84 Å². The fraction of sp³-hybridized carbons (Fsp3) is 1.00. The molecule has 1 aliphatic rings. The Morgan fingerprint density at radius 3 is 2.56 bits per heavy atom. The van der Waals surface area contributed by atoms with Crippen LogP contribution in [0.5, 0.6) is 0 Å². The van der Waals surface area contributed by atoms with Gasteiger partial charge in [0.1, 0.15) is 9.84 Å². The van der Waals surface area contributed by atoms with E-state index in [0.29, 0.717) is 19.0 Å². The molecule has 0 amide bonds. The average molecular weight is 276 g/mol. The van der Waals surface area contributed by atoms with Crippen molar-refractivity contribution < 1.29 is 8.42 Å². The number of likely N-dealkylation sites (N-methyl/N-ethyl adjacent to an activating group) is 1. The monoisotopic (exact) mass is 276 g/mol. The lowest BCUT2D eigenvalue weighted by Crippen LogP contribution is -2.59. The largest absolute Gasteiger partial charge is 0.329 e. The first kappa shape index (κ1) is 15.9. The van der Waals surface area contributed by atoms with E-state index >= 15 is 0 Å². The van der Waals surface area contributed by atoms with Gasteiger partial charge in [-0.3, -0.25) is 4.90 Å². The molecular formula is C13H28N2O2S. The van der Waals surface area contributed by atoms with Gasteiger partial charge in [-0.05, 0) is 25.8 Å². The van der Waals surface area contributed by atoms with E-state index in [9.17, 15) is 8.42 Å². The molecule has 4 nitrogen and oxygen atoms in total. The molecule has 18 heavy (non-hydrogen) atoms. The van der Waals surface area contributed by atoms with Crippen molar-refractivity contribution in [2.24, 2.45) is 11.7 Å². The van der Waals surface area contributed by atoms with E-state index in [2.05, 4.69) is 11.8 Å². The fourth-order valence-electron chi connectivity index (χ4n) is 3.33. The molecule has 0 aliphatic heterocycles. The summed E-state index contributed by atoms with van der Waals surface area (Å²) in [5, 5.41) is 0. The predicted molar refractivity (Wildman–Crippen MR) is 76.4 cm³/mol. The van der Waals surface area contributed by atoms with Crippen LogP contribution in [0, 0.1) is 5.92 Å². The number of nitrogens with zero attached hydrogens (tertiary/aromatic N) is 1. The molecule has 1 fully saturated rings. The van der Waals surface area contributed by atoms with Gasteiger partial charge in [-0.25, -0.2) is 8.42 Å². The second kappa shape index (κ2) is 6.35. The van der Waals surface area contributed by atoms with Crippen LogP contribution in [0.2, 0.25) is 0 Å². The number of rotatable bonds is 6. The molecular weight excluding hydrogens is 248 g/mol. The maximum atomic E-state index is 11.3. The predicted octanol–water partition coefficient (Wildman–Crippen LogP) is 1.26. The Morgan fingerprint density at radius 1 is 1.39 bits per heavy atom. The van der Waals surface area contributed by atoms with Crippen LogP contribution in [0.1, 0.15) is 39.0 Å². The van der Waals surface area contributed by atoms with E-state index in [1.807, 2.05) is 7.05 Å². The van der Waals surface area contributed by atoms with Crippen molar-refractivity contribution in [2.75, 3.05) is 32.1 Å². The van der Waals surface area contributed by atoms with E-state index in [4.69, 9.17) is 5.73 Å². The van der Waals surface area contributed by atoms with Crippen molar-refractivity contribution in [1.29, 1.82) is 0 Å². The van der Waals surface area contributed by atoms with Crippen LogP contribution in [-0.2, 0) is 9.84 Å². The number of hydrogen-bond donors (Lipinski definition) is 1. The lowest BCUT2D eigenvalue weighted by Gasteiger charge is -2.49. The summed E-state index contributed by atoms with van der Waals surface area (Å²) in [6.45, 7) is 3.43. The lowest BCUT2D eigenvalue weighted by molar-refractivity contribution is 0.0278. The normalized spacial score (nSPS) is 29.7. The Labute approximate surface area is 112 Å². The highest BCUT2D eigenvalue weighted by molar-refractivity contribution is 7.90. The van der Waals surface area contributed by atoms with Crippen LogP contribution in [0.4, 0.5) is 0 Å². The average Bonchev–Trinajstić information content (AvgIpc) is 2.34. The molecule has 0 aromatic rings. The van der Waals surface area contributed by atoms with Gasteiger partial charge in [-0.1, -0.05) is 26.2 Å². The summed E-state index contributed by atoms with van der Waals surface area (Å²) in [7, 11) is -0.866. The zero-order chi connectivity index (χ0) is 13.8. The number of sulfone groups is 1. The van der Waals surface area contributed by atoms with Gasteiger partial charge in [0.2, 0.25) is 0 Å². The summed E-state index contributed by atoms with van der Waals surface area (Å²) in [5.41, 5.74) is 6.06. The van der Waals surface area contributed by atoms with Crippen LogP contribution in [-0.4, -0.2) is 51.0 Å². The Morgan fingerprint density at radius 2 is 2.06 bits per heavy atom. The maximum Gasteiger partial charge on any atom is 0.148 e. The highest BCUT2D eigenvalue weighted by atomic mass is 32.2. The minimum Gasteiger partial charge on any atom is -0.329 e. The number of hydrogen-bond acceptors (Lipinski definition) is 4. The molecule has 1 aliphatic carbocycles. The molecule has 0 aromatic heterocycles. The Bertz CT molecular complexity index is 356. The Balaban J connectivity index is 2.78. The molecule has 1 rings (SSSR count). The third-order valence-corrected chi connectivity index (χ3v) is 5.50. The van der Waals surface area contributed by atoms with Crippen LogP contribution >= 0.6 is 0 Å². The van der Waals surface area contributed by atoms with E-state index in [1.165, 1.54) is 25.5 Å². The second-order valence-corrected chi connectivity index (χ2v) is 7.97. The van der Waals surface area contributed by atoms with Gasteiger partial charge in [-0.15, -0.1) is 0 Å². The summed E-state index contributed by atoms with van der Waals surface area (Å²) in [6, 6.07) is 0. The van der Waals surface area contributed by atoms with Gasteiger partial charge < -0.3 is 5.73 Å². The van der Waals surface area contributed by atoms with Gasteiger partial charge in [0.15, 0.2) is 0 Å². The molecule has 0 saturated heterocycles. The molecule has 2 unspecified atom stereocenters. The number of nitrogens with two attached hydrogens (primary N) is 1. The first-order valence-corrected chi connectivity index (χ1v) is 9.01. The van der Waals surface area contributed by atoms with E-state index in [0.717, 1.165) is 12.8 Å². The first-order valence-electron chi connectivity index (χ1n) is 6.94. The highest BCUT2D eigenvalue weighted by Gasteiger charge is 2.41. The second-order valence-electron chi connectivity index (χ2n) is 5.71. The summed E-state index contributed by atoms with van der Waals surface area (Å²) >= 11 is 0. The van der Waals surface area contributed by atoms with E-state index in [-0.39, 0.29) is 11.3 Å². The highest BCUT2D eigenvalue weighted by Crippen LogP contribution is 2.39. The lowest BCUT2D eigenvalue weighted by atomic mass is 9.70. The minimum absolute atomic E-state index is 0.0116. The smallest absolute Gasteiger partial charge is 0.148 e. The van der Waals surface area contributed by atoms with Crippen LogP contribution in [0.3, 0.4) is 0 Å². The van der Waals surface area contributed by atoms with Crippen LogP contribution in [0.25, 0.3) is 0 Å². The molecule has 108 valence electrons. The van der Waals surface area contributed by atoms with Gasteiger partial charge in [0, 0.05) is 24.9 Å². The van der Waals surface area contributed by atoms with Crippen molar-refractivity contribution in [2.45, 2.75) is 44.6 Å². The van der Waals surface area contributed by atoms with Crippen molar-refractivity contribution in [3.63, 3.8) is 0 Å². The molecule has 0 radical (unpaired) electrons. The van der Waals surface area contributed by atoms with Crippen LogP contribution < -0.4 is 5.73 Å². The molecule has 1 saturated carbocycles. The molecule has 0 spiro atoms. The molecule has 2 N–H and O–H groups in total. The maximum absolute atomic E-state index is 11.3. The first-order chi connectivity index (χ1) is 8.35. The zero-order valence-electron chi connectivity index (χ0n) is 12.0. The van der Waals surface area contributed by atoms with Crippen LogP contribution in [0.15, 0.2) is 0 Å². The minimum atomic E-state index is -2.90. The Hall–Kier alpha value is -0.130. The van der Waals surface area contributed by atoms with Gasteiger partial charge in [0.25, 0.3) is 0 Å². The topological polar surface area (TPSA) is 63.4 Å². The van der Waals surface area contributed by atoms with E-state index in [1.54, 1.807) is 0 Å². The zero-order valence-corrected chi connectivity index (χ0v) is 12.8. The quantitative estimate of drug-likeness (QED) is 0.793. The fourth-order valence-corrected chi connectivity index (χ4v) is 3.94. The van der Waals surface area contributed by atoms with Crippen molar-refractivity contribution >= 4 is 9.84 Å². The van der Waals surface area contributed by atoms with Crippen molar-refractivity contribution in [3.8, 4) is 0 Å². The molecule has 0 bridgehead atoms. The van der Waals surface area contributed by atoms with Crippen molar-refractivity contribution in [3.05, 3.63) is 0 Å². The molecule has 0 heterocycles. The van der Waals surface area contributed by atoms with Crippen molar-refractivity contribution in [1.82, 2.24) is 4.90 Å². The SMILES string of the molecule is CCC1CCCCC1(CN)N(C)CCS(C)(=O)=O. The van der Waals surface area contributed by atoms with Gasteiger partial charge >= 0.3 is 0 Å².